The van der Waals surface area contributed by atoms with Crippen LogP contribution in [0.5, 0.6) is 11.5 Å². The monoisotopic (exact) mass is 397 g/mol. The van der Waals surface area contributed by atoms with Gasteiger partial charge in [0.05, 0.1) is 13.2 Å². The summed E-state index contributed by atoms with van der Waals surface area (Å²) in [5.41, 5.74) is 4.60. The molecule has 1 N–H and O–H groups in total. The Bertz CT molecular complexity index is 812. The molecule has 2 aromatic rings. The SMILES string of the molecule is CCc1ccc(O[C@H](CC)C(=O)N[C@@H](C)c2cc(C(C)C)c(OC)cc2C)cc1. The molecule has 4 nitrogen and oxygen atoms in total. The van der Waals surface area contributed by atoms with Gasteiger partial charge in [-0.2, -0.15) is 0 Å². The van der Waals surface area contributed by atoms with Crippen molar-refractivity contribution in [3.8, 4) is 11.5 Å². The van der Waals surface area contributed by atoms with Crippen LogP contribution in [-0.2, 0) is 11.2 Å². The maximum atomic E-state index is 12.9. The van der Waals surface area contributed by atoms with Crippen LogP contribution in [0.2, 0.25) is 0 Å². The van der Waals surface area contributed by atoms with Crippen molar-refractivity contribution >= 4 is 5.91 Å². The summed E-state index contributed by atoms with van der Waals surface area (Å²) in [6, 6.07) is 12.0. The number of carbonyl (C=O) groups excluding carboxylic acids is 1. The molecule has 0 bridgehead atoms. The molecule has 0 heterocycles. The van der Waals surface area contributed by atoms with Gasteiger partial charge in [0.15, 0.2) is 6.10 Å². The summed E-state index contributed by atoms with van der Waals surface area (Å²) < 4.78 is 11.5. The summed E-state index contributed by atoms with van der Waals surface area (Å²) in [7, 11) is 1.70. The summed E-state index contributed by atoms with van der Waals surface area (Å²) in [5, 5.41) is 3.13. The lowest BCUT2D eigenvalue weighted by atomic mass is 9.93. The maximum Gasteiger partial charge on any atom is 0.261 e. The van der Waals surface area contributed by atoms with Crippen molar-refractivity contribution in [3.05, 3.63) is 58.7 Å². The molecule has 0 radical (unpaired) electrons. The summed E-state index contributed by atoms with van der Waals surface area (Å²) in [6.07, 6.45) is 1.06. The standard InChI is InChI=1S/C25H35NO3/c1-8-19-10-12-20(13-11-19)29-23(9-2)25(27)26-18(6)22-15-21(16(3)4)24(28-7)14-17(22)5/h10-16,18,23H,8-9H2,1-7H3,(H,26,27)/t18-,23+/m0/s1. The Morgan fingerprint density at radius 3 is 2.21 bits per heavy atom. The molecule has 0 saturated heterocycles. The van der Waals surface area contributed by atoms with Gasteiger partial charge in [0.1, 0.15) is 11.5 Å². The Morgan fingerprint density at radius 2 is 1.69 bits per heavy atom. The van der Waals surface area contributed by atoms with E-state index in [2.05, 4.69) is 38.2 Å². The molecule has 0 aliphatic heterocycles. The van der Waals surface area contributed by atoms with E-state index in [1.54, 1.807) is 7.11 Å². The third kappa shape index (κ3) is 5.75. The number of carbonyl (C=O) groups is 1. The number of methoxy groups -OCH3 is 1. The van der Waals surface area contributed by atoms with Gasteiger partial charge >= 0.3 is 0 Å². The molecule has 1 amide bonds. The Labute approximate surface area is 175 Å². The van der Waals surface area contributed by atoms with E-state index in [1.165, 1.54) is 5.56 Å². The van der Waals surface area contributed by atoms with Crippen molar-refractivity contribution in [2.24, 2.45) is 0 Å². The van der Waals surface area contributed by atoms with E-state index in [4.69, 9.17) is 9.47 Å². The Hall–Kier alpha value is -2.49. The van der Waals surface area contributed by atoms with Gasteiger partial charge in [-0.1, -0.05) is 39.8 Å². The van der Waals surface area contributed by atoms with E-state index >= 15 is 0 Å². The summed E-state index contributed by atoms with van der Waals surface area (Å²) >= 11 is 0. The van der Waals surface area contributed by atoms with Gasteiger partial charge in [0, 0.05) is 0 Å². The summed E-state index contributed by atoms with van der Waals surface area (Å²) in [5.74, 6) is 1.86. The maximum absolute atomic E-state index is 12.9. The minimum absolute atomic E-state index is 0.0964. The topological polar surface area (TPSA) is 47.6 Å². The van der Waals surface area contributed by atoms with Gasteiger partial charge in [-0.15, -0.1) is 0 Å². The van der Waals surface area contributed by atoms with Gasteiger partial charge < -0.3 is 14.8 Å². The van der Waals surface area contributed by atoms with Crippen LogP contribution in [-0.4, -0.2) is 19.1 Å². The molecule has 2 atom stereocenters. The fourth-order valence-corrected chi connectivity index (χ4v) is 3.48. The number of benzene rings is 2. The van der Waals surface area contributed by atoms with Crippen LogP contribution in [0.4, 0.5) is 0 Å². The van der Waals surface area contributed by atoms with E-state index < -0.39 is 6.10 Å². The normalized spacial score (nSPS) is 13.1. The van der Waals surface area contributed by atoms with E-state index in [9.17, 15) is 4.79 Å². The molecular weight excluding hydrogens is 362 g/mol. The number of hydrogen-bond donors (Lipinski definition) is 1. The molecule has 0 aliphatic carbocycles. The lowest BCUT2D eigenvalue weighted by Gasteiger charge is -2.23. The van der Waals surface area contributed by atoms with Crippen molar-refractivity contribution < 1.29 is 14.3 Å². The highest BCUT2D eigenvalue weighted by atomic mass is 16.5. The van der Waals surface area contributed by atoms with E-state index in [1.807, 2.05) is 45.0 Å². The highest BCUT2D eigenvalue weighted by Gasteiger charge is 2.22. The van der Waals surface area contributed by atoms with Crippen LogP contribution < -0.4 is 14.8 Å². The first-order chi connectivity index (χ1) is 13.8. The minimum Gasteiger partial charge on any atom is -0.496 e. The third-order valence-electron chi connectivity index (χ3n) is 5.34. The van der Waals surface area contributed by atoms with Gasteiger partial charge in [-0.3, -0.25) is 4.79 Å². The van der Waals surface area contributed by atoms with Crippen molar-refractivity contribution in [2.45, 2.75) is 72.4 Å². The molecular formula is C25H35NO3. The first-order valence-corrected chi connectivity index (χ1v) is 10.5. The second-order valence-electron chi connectivity index (χ2n) is 7.85. The van der Waals surface area contributed by atoms with E-state index in [0.717, 1.165) is 34.6 Å². The zero-order chi connectivity index (χ0) is 21.6. The zero-order valence-electron chi connectivity index (χ0n) is 18.8. The molecule has 29 heavy (non-hydrogen) atoms. The first kappa shape index (κ1) is 22.8. The number of nitrogens with one attached hydrogen (secondary N) is 1. The van der Waals surface area contributed by atoms with Crippen molar-refractivity contribution in [1.82, 2.24) is 5.32 Å². The largest absolute Gasteiger partial charge is 0.496 e. The number of amides is 1. The predicted molar refractivity (Wildman–Crippen MR) is 119 cm³/mol. The van der Waals surface area contributed by atoms with Gasteiger partial charge in [-0.05, 0) is 79.1 Å². The molecule has 0 saturated carbocycles. The molecule has 2 aromatic carbocycles. The molecule has 0 aliphatic rings. The van der Waals surface area contributed by atoms with Crippen molar-refractivity contribution in [1.29, 1.82) is 0 Å². The number of ether oxygens (including phenoxy) is 2. The Morgan fingerprint density at radius 1 is 1.03 bits per heavy atom. The molecule has 2 rings (SSSR count). The predicted octanol–water partition coefficient (Wildman–Crippen LogP) is 5.72. The van der Waals surface area contributed by atoms with Crippen LogP contribution in [0, 0.1) is 6.92 Å². The summed E-state index contributed by atoms with van der Waals surface area (Å²) in [4.78, 5) is 12.9. The van der Waals surface area contributed by atoms with E-state index in [-0.39, 0.29) is 11.9 Å². The smallest absolute Gasteiger partial charge is 0.261 e. The highest BCUT2D eigenvalue weighted by molar-refractivity contribution is 5.81. The average Bonchev–Trinajstić information content (AvgIpc) is 2.71. The quantitative estimate of drug-likeness (QED) is 0.588. The summed E-state index contributed by atoms with van der Waals surface area (Å²) in [6.45, 7) is 12.4. The second kappa shape index (κ2) is 10.3. The van der Waals surface area contributed by atoms with E-state index in [0.29, 0.717) is 12.3 Å². The number of rotatable bonds is 9. The molecule has 158 valence electrons. The van der Waals surface area contributed by atoms with Crippen LogP contribution >= 0.6 is 0 Å². The van der Waals surface area contributed by atoms with Crippen LogP contribution in [0.3, 0.4) is 0 Å². The Balaban J connectivity index is 2.14. The lowest BCUT2D eigenvalue weighted by molar-refractivity contribution is -0.128. The van der Waals surface area contributed by atoms with Gasteiger partial charge in [0.25, 0.3) is 5.91 Å². The van der Waals surface area contributed by atoms with Gasteiger partial charge in [0.2, 0.25) is 0 Å². The van der Waals surface area contributed by atoms with Crippen LogP contribution in [0.1, 0.15) is 75.3 Å². The zero-order valence-corrected chi connectivity index (χ0v) is 18.8. The second-order valence-corrected chi connectivity index (χ2v) is 7.85. The highest BCUT2D eigenvalue weighted by Crippen LogP contribution is 2.32. The van der Waals surface area contributed by atoms with Crippen LogP contribution in [0.25, 0.3) is 0 Å². The molecule has 0 fully saturated rings. The third-order valence-corrected chi connectivity index (χ3v) is 5.34. The van der Waals surface area contributed by atoms with Crippen LogP contribution in [0.15, 0.2) is 36.4 Å². The van der Waals surface area contributed by atoms with Crippen molar-refractivity contribution in [3.63, 3.8) is 0 Å². The number of aryl methyl sites for hydroxylation is 2. The molecule has 0 aromatic heterocycles. The molecule has 4 heteroatoms. The molecule has 0 spiro atoms. The first-order valence-electron chi connectivity index (χ1n) is 10.5. The number of hydrogen-bond acceptors (Lipinski definition) is 3. The average molecular weight is 398 g/mol. The van der Waals surface area contributed by atoms with Gasteiger partial charge in [-0.25, -0.2) is 0 Å². The molecule has 0 unspecified atom stereocenters. The fraction of sp³-hybridized carbons (Fsp3) is 0.480. The van der Waals surface area contributed by atoms with Crippen molar-refractivity contribution in [2.75, 3.05) is 7.11 Å². The minimum atomic E-state index is -0.520. The lowest BCUT2D eigenvalue weighted by Crippen LogP contribution is -2.39. The Kier molecular flexibility index (Phi) is 8.12. The fourth-order valence-electron chi connectivity index (χ4n) is 3.48.